The molecule has 1 rings (SSSR count). The van der Waals surface area contributed by atoms with Gasteiger partial charge in [-0.25, -0.2) is 9.59 Å². The number of hydrogen-bond donors (Lipinski definition) is 2. The van der Waals surface area contributed by atoms with Crippen LogP contribution in [0.3, 0.4) is 0 Å². The van der Waals surface area contributed by atoms with E-state index in [4.69, 9.17) is 14.9 Å². The number of carbonyl (C=O) groups is 5. The molecule has 0 aromatic carbocycles. The van der Waals surface area contributed by atoms with Gasteiger partial charge >= 0.3 is 23.9 Å². The highest BCUT2D eigenvalue weighted by Gasteiger charge is 2.45. The number of aliphatic carboxylic acids is 2. The Morgan fingerprint density at radius 3 is 1.96 bits per heavy atom. The summed E-state index contributed by atoms with van der Waals surface area (Å²) in [5.41, 5.74) is 0. The number of esters is 2. The van der Waals surface area contributed by atoms with Crippen LogP contribution in [0, 0.1) is 0 Å². The Balaban J connectivity index is 3.10. The van der Waals surface area contributed by atoms with Gasteiger partial charge in [0.25, 0.3) is 5.91 Å². The average Bonchev–Trinajstić information content (AvgIpc) is 2.90. The van der Waals surface area contributed by atoms with Gasteiger partial charge in [0.05, 0.1) is 0 Å². The molecule has 0 aliphatic carbocycles. The minimum atomic E-state index is -2.06. The number of carboxylic acid groups (broad SMARTS) is 2. The first-order valence-corrected chi connectivity index (χ1v) is 6.75. The average molecular weight is 331 g/mol. The lowest BCUT2D eigenvalue weighted by atomic mass is 10.1. The maximum atomic E-state index is 12.5. The van der Waals surface area contributed by atoms with Crippen molar-refractivity contribution in [3.05, 3.63) is 0 Å². The monoisotopic (exact) mass is 331 g/mol. The highest BCUT2D eigenvalue weighted by Crippen LogP contribution is 2.21. The summed E-state index contributed by atoms with van der Waals surface area (Å²) in [6.45, 7) is 1.95. The molecule has 3 atom stereocenters. The number of likely N-dealkylation sites (tertiary alicyclic amines) is 1. The maximum Gasteiger partial charge on any atom is 0.349 e. The smallest absolute Gasteiger partial charge is 0.349 e. The molecule has 1 aliphatic rings. The van der Waals surface area contributed by atoms with E-state index in [0.29, 0.717) is 6.42 Å². The van der Waals surface area contributed by atoms with E-state index in [-0.39, 0.29) is 13.0 Å². The first-order chi connectivity index (χ1) is 10.6. The SMILES string of the molecule is CC(=O)O[C@@H](C(=O)O)[C@@H](OC(C)=O)C(=O)N1CCC[C@H]1C(=O)O. The summed E-state index contributed by atoms with van der Waals surface area (Å²) >= 11 is 0. The first-order valence-electron chi connectivity index (χ1n) is 6.75. The number of amides is 1. The van der Waals surface area contributed by atoms with Crippen molar-refractivity contribution in [2.45, 2.75) is 44.9 Å². The first kappa shape index (κ1) is 18.4. The third kappa shape index (κ3) is 4.66. The number of carbonyl (C=O) groups excluding carboxylic acids is 3. The van der Waals surface area contributed by atoms with Crippen LogP contribution in [0.5, 0.6) is 0 Å². The van der Waals surface area contributed by atoms with Crippen molar-refractivity contribution in [3.8, 4) is 0 Å². The minimum absolute atomic E-state index is 0.0694. The summed E-state index contributed by atoms with van der Waals surface area (Å²) in [7, 11) is 0. The van der Waals surface area contributed by atoms with Gasteiger partial charge in [0.15, 0.2) is 0 Å². The molecule has 0 saturated carbocycles. The topological polar surface area (TPSA) is 148 Å². The zero-order valence-corrected chi connectivity index (χ0v) is 12.6. The molecule has 10 nitrogen and oxygen atoms in total. The van der Waals surface area contributed by atoms with Crippen LogP contribution in [-0.4, -0.2) is 69.7 Å². The van der Waals surface area contributed by atoms with Gasteiger partial charge in [-0.2, -0.15) is 0 Å². The Kier molecular flexibility index (Phi) is 6.05. The predicted molar refractivity (Wildman–Crippen MR) is 71.1 cm³/mol. The van der Waals surface area contributed by atoms with Gasteiger partial charge in [0.1, 0.15) is 6.04 Å². The Bertz CT molecular complexity index is 530. The van der Waals surface area contributed by atoms with Crippen molar-refractivity contribution in [2.75, 3.05) is 6.54 Å². The van der Waals surface area contributed by atoms with E-state index in [0.717, 1.165) is 18.7 Å². The molecule has 0 radical (unpaired) electrons. The lowest BCUT2D eigenvalue weighted by Gasteiger charge is -2.28. The molecule has 128 valence electrons. The summed E-state index contributed by atoms with van der Waals surface area (Å²) < 4.78 is 9.24. The standard InChI is InChI=1S/C13H17NO9/c1-6(15)22-9(10(13(20)21)23-7(2)16)11(17)14-5-3-4-8(14)12(18)19/h8-10H,3-5H2,1-2H3,(H,18,19)(H,20,21)/t8-,9+,10+/m0/s1. The highest BCUT2D eigenvalue weighted by molar-refractivity contribution is 5.93. The van der Waals surface area contributed by atoms with Crippen molar-refractivity contribution in [1.82, 2.24) is 4.90 Å². The lowest BCUT2D eigenvalue weighted by Crippen LogP contribution is -2.53. The molecular formula is C13H17NO9. The van der Waals surface area contributed by atoms with Gasteiger partial charge in [-0.1, -0.05) is 0 Å². The molecule has 0 aromatic heterocycles. The molecule has 1 aliphatic heterocycles. The van der Waals surface area contributed by atoms with Crippen LogP contribution in [0.25, 0.3) is 0 Å². The second-order valence-electron chi connectivity index (χ2n) is 4.93. The van der Waals surface area contributed by atoms with Crippen LogP contribution in [0.15, 0.2) is 0 Å². The Morgan fingerprint density at radius 1 is 1.00 bits per heavy atom. The van der Waals surface area contributed by atoms with Gasteiger partial charge in [0.2, 0.25) is 12.2 Å². The molecule has 0 unspecified atom stereocenters. The van der Waals surface area contributed by atoms with E-state index in [1.54, 1.807) is 0 Å². The zero-order valence-electron chi connectivity index (χ0n) is 12.6. The van der Waals surface area contributed by atoms with E-state index in [9.17, 15) is 24.0 Å². The summed E-state index contributed by atoms with van der Waals surface area (Å²) in [6, 6.07) is -1.15. The predicted octanol–water partition coefficient (Wildman–Crippen LogP) is -0.990. The summed E-state index contributed by atoms with van der Waals surface area (Å²) in [6.07, 6.45) is -3.41. The second-order valence-corrected chi connectivity index (χ2v) is 4.93. The maximum absolute atomic E-state index is 12.5. The van der Waals surface area contributed by atoms with Crippen LogP contribution in [0.1, 0.15) is 26.7 Å². The summed E-state index contributed by atoms with van der Waals surface area (Å²) in [5, 5.41) is 18.2. The van der Waals surface area contributed by atoms with Crippen molar-refractivity contribution in [1.29, 1.82) is 0 Å². The molecule has 0 spiro atoms. The molecule has 1 heterocycles. The molecule has 0 aromatic rings. The molecule has 10 heteroatoms. The fourth-order valence-corrected chi connectivity index (χ4v) is 2.29. The van der Waals surface area contributed by atoms with Gasteiger partial charge in [-0.3, -0.25) is 14.4 Å². The molecule has 2 N–H and O–H groups in total. The van der Waals surface area contributed by atoms with Crippen molar-refractivity contribution < 1.29 is 43.7 Å². The lowest BCUT2D eigenvalue weighted by molar-refractivity contribution is -0.184. The van der Waals surface area contributed by atoms with Crippen LogP contribution in [0.2, 0.25) is 0 Å². The normalized spacial score (nSPS) is 19.6. The molecule has 1 saturated heterocycles. The largest absolute Gasteiger partial charge is 0.480 e. The Hall–Kier alpha value is -2.65. The van der Waals surface area contributed by atoms with Crippen molar-refractivity contribution in [2.24, 2.45) is 0 Å². The fourth-order valence-electron chi connectivity index (χ4n) is 2.29. The van der Waals surface area contributed by atoms with E-state index >= 15 is 0 Å². The van der Waals surface area contributed by atoms with E-state index in [1.165, 1.54) is 0 Å². The van der Waals surface area contributed by atoms with Gasteiger partial charge in [-0.15, -0.1) is 0 Å². The Labute approximate surface area is 130 Å². The number of ether oxygens (including phenoxy) is 2. The third-order valence-corrected chi connectivity index (χ3v) is 3.17. The van der Waals surface area contributed by atoms with Gasteiger partial charge in [0, 0.05) is 20.4 Å². The molecule has 1 fully saturated rings. The molecule has 1 amide bonds. The molecule has 0 bridgehead atoms. The highest BCUT2D eigenvalue weighted by atomic mass is 16.6. The summed E-state index contributed by atoms with van der Waals surface area (Å²) in [5.74, 6) is -5.92. The zero-order chi connectivity index (χ0) is 17.7. The number of rotatable bonds is 6. The van der Waals surface area contributed by atoms with E-state index in [1.807, 2.05) is 0 Å². The van der Waals surface area contributed by atoms with Crippen LogP contribution in [-0.2, 0) is 33.4 Å². The minimum Gasteiger partial charge on any atom is -0.480 e. The van der Waals surface area contributed by atoms with Gasteiger partial charge < -0.3 is 24.6 Å². The molecular weight excluding hydrogens is 314 g/mol. The van der Waals surface area contributed by atoms with E-state index in [2.05, 4.69) is 4.74 Å². The van der Waals surface area contributed by atoms with Crippen molar-refractivity contribution in [3.63, 3.8) is 0 Å². The van der Waals surface area contributed by atoms with Crippen LogP contribution >= 0.6 is 0 Å². The second kappa shape index (κ2) is 7.56. The number of carboxylic acids is 2. The fraction of sp³-hybridized carbons (Fsp3) is 0.615. The Morgan fingerprint density at radius 2 is 1.52 bits per heavy atom. The quantitative estimate of drug-likeness (QED) is 0.585. The van der Waals surface area contributed by atoms with Crippen LogP contribution < -0.4 is 0 Å². The van der Waals surface area contributed by atoms with Crippen molar-refractivity contribution >= 4 is 29.8 Å². The summed E-state index contributed by atoms with van der Waals surface area (Å²) in [4.78, 5) is 57.9. The molecule has 23 heavy (non-hydrogen) atoms. The van der Waals surface area contributed by atoms with Crippen LogP contribution in [0.4, 0.5) is 0 Å². The number of nitrogens with zero attached hydrogens (tertiary/aromatic N) is 1. The van der Waals surface area contributed by atoms with E-state index < -0.39 is 48.0 Å². The third-order valence-electron chi connectivity index (χ3n) is 3.17. The van der Waals surface area contributed by atoms with Gasteiger partial charge in [-0.05, 0) is 12.8 Å². The number of hydrogen-bond acceptors (Lipinski definition) is 7.